The van der Waals surface area contributed by atoms with Gasteiger partial charge in [-0.15, -0.1) is 12.6 Å². The largest absolute Gasteiger partial charge is 0.388 e. The number of nitrogens with zero attached hydrogens (tertiary/aromatic N) is 2. The molecular formula is C14H13N3S. The number of nitrogens with one attached hydrogen (secondary N) is 1. The minimum atomic E-state index is 0.928. The Hall–Kier alpha value is -1.94. The average Bonchev–Trinajstić information content (AvgIpc) is 2.81. The zero-order valence-corrected chi connectivity index (χ0v) is 10.9. The second kappa shape index (κ2) is 4.38. The molecule has 3 nitrogen and oxygen atoms in total. The smallest absolute Gasteiger partial charge is 0.137 e. The third-order valence-electron chi connectivity index (χ3n) is 2.90. The van der Waals surface area contributed by atoms with Crippen LogP contribution in [0.15, 0.2) is 53.7 Å². The van der Waals surface area contributed by atoms with Crippen LogP contribution in [0.2, 0.25) is 0 Å². The third-order valence-corrected chi connectivity index (χ3v) is 3.17. The molecule has 0 aliphatic carbocycles. The predicted octanol–water partition coefficient (Wildman–Crippen LogP) is 3.33. The van der Waals surface area contributed by atoms with Gasteiger partial charge in [-0.1, -0.05) is 12.1 Å². The molecule has 0 radical (unpaired) electrons. The van der Waals surface area contributed by atoms with E-state index in [-0.39, 0.29) is 0 Å². The van der Waals surface area contributed by atoms with Gasteiger partial charge in [0, 0.05) is 35.6 Å². The first-order chi connectivity index (χ1) is 8.76. The summed E-state index contributed by atoms with van der Waals surface area (Å²) in [7, 11) is 1.91. The molecule has 90 valence electrons. The number of hydrogen-bond donors (Lipinski definition) is 2. The van der Waals surface area contributed by atoms with Crippen molar-refractivity contribution >= 4 is 24.0 Å². The lowest BCUT2D eigenvalue weighted by Crippen LogP contribution is -1.86. The molecule has 1 N–H and O–H groups in total. The normalized spacial score (nSPS) is 10.8. The first-order valence-electron chi connectivity index (χ1n) is 5.72. The molecule has 0 amide bonds. The SMILES string of the molecule is CNc1ccc(-c2cn3cc(S)ccc3n2)cc1. The van der Waals surface area contributed by atoms with Crippen molar-refractivity contribution < 1.29 is 0 Å². The van der Waals surface area contributed by atoms with Crippen LogP contribution in [0.3, 0.4) is 0 Å². The molecule has 18 heavy (non-hydrogen) atoms. The lowest BCUT2D eigenvalue weighted by atomic mass is 10.1. The fourth-order valence-corrected chi connectivity index (χ4v) is 2.13. The molecule has 1 aromatic carbocycles. The molecule has 0 bridgehead atoms. The minimum Gasteiger partial charge on any atom is -0.388 e. The molecule has 2 heterocycles. The third kappa shape index (κ3) is 1.95. The summed E-state index contributed by atoms with van der Waals surface area (Å²) in [6.07, 6.45) is 3.97. The lowest BCUT2D eigenvalue weighted by molar-refractivity contribution is 1.14. The van der Waals surface area contributed by atoms with E-state index in [0.717, 1.165) is 27.5 Å². The van der Waals surface area contributed by atoms with Gasteiger partial charge in [0.15, 0.2) is 0 Å². The van der Waals surface area contributed by atoms with E-state index in [1.165, 1.54) is 0 Å². The Kier molecular flexibility index (Phi) is 2.72. The summed E-state index contributed by atoms with van der Waals surface area (Å²) < 4.78 is 1.99. The molecule has 0 atom stereocenters. The van der Waals surface area contributed by atoms with E-state index in [1.807, 2.05) is 48.1 Å². The average molecular weight is 255 g/mol. The van der Waals surface area contributed by atoms with Crippen LogP contribution in [-0.2, 0) is 0 Å². The Morgan fingerprint density at radius 1 is 1.06 bits per heavy atom. The molecule has 0 unspecified atom stereocenters. The van der Waals surface area contributed by atoms with Gasteiger partial charge in [0.2, 0.25) is 0 Å². The van der Waals surface area contributed by atoms with Crippen LogP contribution >= 0.6 is 12.6 Å². The van der Waals surface area contributed by atoms with Crippen LogP contribution in [0.5, 0.6) is 0 Å². The highest BCUT2D eigenvalue weighted by Gasteiger charge is 2.04. The molecule has 0 spiro atoms. The van der Waals surface area contributed by atoms with E-state index >= 15 is 0 Å². The van der Waals surface area contributed by atoms with E-state index in [9.17, 15) is 0 Å². The maximum atomic E-state index is 4.59. The van der Waals surface area contributed by atoms with Gasteiger partial charge in [0.25, 0.3) is 0 Å². The van der Waals surface area contributed by atoms with Crippen LogP contribution in [0.1, 0.15) is 0 Å². The monoisotopic (exact) mass is 255 g/mol. The maximum absolute atomic E-state index is 4.59. The van der Waals surface area contributed by atoms with Crippen molar-refractivity contribution in [3.8, 4) is 11.3 Å². The van der Waals surface area contributed by atoms with Crippen molar-refractivity contribution in [2.45, 2.75) is 4.90 Å². The van der Waals surface area contributed by atoms with Crippen LogP contribution in [0.4, 0.5) is 5.69 Å². The molecular weight excluding hydrogens is 242 g/mol. The van der Waals surface area contributed by atoms with Gasteiger partial charge >= 0.3 is 0 Å². The fourth-order valence-electron chi connectivity index (χ4n) is 1.93. The van der Waals surface area contributed by atoms with Crippen molar-refractivity contribution in [1.29, 1.82) is 0 Å². The Balaban J connectivity index is 2.07. The van der Waals surface area contributed by atoms with Gasteiger partial charge in [-0.25, -0.2) is 4.98 Å². The van der Waals surface area contributed by atoms with E-state index in [1.54, 1.807) is 0 Å². The highest BCUT2D eigenvalue weighted by Crippen LogP contribution is 2.21. The number of fused-ring (bicyclic) bond motifs is 1. The standard InChI is InChI=1S/C14H13N3S/c1-15-11-4-2-10(3-5-11)13-9-17-8-12(18)6-7-14(17)16-13/h2-9,15,18H,1H3. The number of hydrogen-bond acceptors (Lipinski definition) is 3. The summed E-state index contributed by atoms with van der Waals surface area (Å²) in [5.74, 6) is 0. The zero-order valence-electron chi connectivity index (χ0n) is 9.96. The molecule has 0 aliphatic heterocycles. The zero-order chi connectivity index (χ0) is 12.5. The molecule has 2 aromatic heterocycles. The summed E-state index contributed by atoms with van der Waals surface area (Å²) in [5, 5.41) is 3.10. The predicted molar refractivity (Wildman–Crippen MR) is 77.4 cm³/mol. The highest BCUT2D eigenvalue weighted by molar-refractivity contribution is 7.80. The number of aromatic nitrogens is 2. The quantitative estimate of drug-likeness (QED) is 0.688. The second-order valence-electron chi connectivity index (χ2n) is 4.11. The summed E-state index contributed by atoms with van der Waals surface area (Å²) in [5.41, 5.74) is 4.11. The Morgan fingerprint density at radius 3 is 2.56 bits per heavy atom. The van der Waals surface area contributed by atoms with Crippen LogP contribution < -0.4 is 5.32 Å². The van der Waals surface area contributed by atoms with Crippen molar-refractivity contribution in [3.05, 3.63) is 48.8 Å². The fraction of sp³-hybridized carbons (Fsp3) is 0.0714. The minimum absolute atomic E-state index is 0.928. The number of anilines is 1. The number of thiol groups is 1. The van der Waals surface area contributed by atoms with Crippen molar-refractivity contribution in [2.75, 3.05) is 12.4 Å². The molecule has 4 heteroatoms. The molecule has 0 saturated heterocycles. The highest BCUT2D eigenvalue weighted by atomic mass is 32.1. The molecule has 0 fully saturated rings. The van der Waals surface area contributed by atoms with Gasteiger partial charge in [-0.3, -0.25) is 0 Å². The van der Waals surface area contributed by atoms with E-state index in [4.69, 9.17) is 0 Å². The number of pyridine rings is 1. The topological polar surface area (TPSA) is 29.3 Å². The van der Waals surface area contributed by atoms with Crippen molar-refractivity contribution in [2.24, 2.45) is 0 Å². The molecule has 0 saturated carbocycles. The van der Waals surface area contributed by atoms with Gasteiger partial charge in [0.05, 0.1) is 5.69 Å². The van der Waals surface area contributed by atoms with Crippen LogP contribution in [-0.4, -0.2) is 16.4 Å². The number of benzene rings is 1. The van der Waals surface area contributed by atoms with E-state index < -0.39 is 0 Å². The van der Waals surface area contributed by atoms with Gasteiger partial charge < -0.3 is 9.72 Å². The maximum Gasteiger partial charge on any atom is 0.137 e. The Labute approximate surface area is 111 Å². The second-order valence-corrected chi connectivity index (χ2v) is 4.62. The van der Waals surface area contributed by atoms with E-state index in [2.05, 4.69) is 35.1 Å². The summed E-state index contributed by atoms with van der Waals surface area (Å²) in [6, 6.07) is 12.1. The van der Waals surface area contributed by atoms with Crippen LogP contribution in [0, 0.1) is 0 Å². The Morgan fingerprint density at radius 2 is 1.83 bits per heavy atom. The van der Waals surface area contributed by atoms with Crippen molar-refractivity contribution in [1.82, 2.24) is 9.38 Å². The molecule has 3 rings (SSSR count). The molecule has 3 aromatic rings. The lowest BCUT2D eigenvalue weighted by Gasteiger charge is -2.00. The van der Waals surface area contributed by atoms with E-state index in [0.29, 0.717) is 0 Å². The van der Waals surface area contributed by atoms with Gasteiger partial charge in [0.1, 0.15) is 5.65 Å². The van der Waals surface area contributed by atoms with Crippen LogP contribution in [0.25, 0.3) is 16.9 Å². The summed E-state index contributed by atoms with van der Waals surface area (Å²) in [6.45, 7) is 0. The first-order valence-corrected chi connectivity index (χ1v) is 6.17. The number of imidazole rings is 1. The summed E-state index contributed by atoms with van der Waals surface area (Å²) in [4.78, 5) is 5.52. The van der Waals surface area contributed by atoms with Gasteiger partial charge in [-0.2, -0.15) is 0 Å². The molecule has 0 aliphatic rings. The Bertz CT molecular complexity index is 686. The van der Waals surface area contributed by atoms with Crippen molar-refractivity contribution in [3.63, 3.8) is 0 Å². The summed E-state index contributed by atoms with van der Waals surface area (Å²) >= 11 is 4.33. The van der Waals surface area contributed by atoms with Gasteiger partial charge in [-0.05, 0) is 24.3 Å². The number of rotatable bonds is 2. The first kappa shape index (κ1) is 11.2.